The number of ether oxygens (including phenoxy) is 2. The fourth-order valence-electron chi connectivity index (χ4n) is 1.97. The highest BCUT2D eigenvalue weighted by Crippen LogP contribution is 2.28. The van der Waals surface area contributed by atoms with Crippen LogP contribution in [0.5, 0.6) is 11.5 Å². The van der Waals surface area contributed by atoms with E-state index in [2.05, 4.69) is 12.1 Å². The number of benzene rings is 1. The fourth-order valence-corrected chi connectivity index (χ4v) is 1.97. The number of hydrogen-bond acceptors (Lipinski definition) is 5. The van der Waals surface area contributed by atoms with Crippen molar-refractivity contribution in [1.82, 2.24) is 5.16 Å². The molecule has 0 aliphatic heterocycles. The lowest BCUT2D eigenvalue weighted by Crippen LogP contribution is -2.00. The van der Waals surface area contributed by atoms with E-state index in [0.717, 1.165) is 12.2 Å². The standard InChI is InChI=1S/C17H17NO4/c1-2-9-19-14-6-3-4-7-15(14)21-12-13-11-17(22-18-13)16-8-5-10-20-16/h3-8,10-11H,2,9,12H2,1H3. The van der Waals surface area contributed by atoms with Crippen LogP contribution < -0.4 is 9.47 Å². The van der Waals surface area contributed by atoms with Crippen molar-refractivity contribution >= 4 is 0 Å². The van der Waals surface area contributed by atoms with Gasteiger partial charge in [0.25, 0.3) is 0 Å². The Morgan fingerprint density at radius 3 is 2.55 bits per heavy atom. The zero-order valence-electron chi connectivity index (χ0n) is 12.3. The van der Waals surface area contributed by atoms with Gasteiger partial charge in [-0.05, 0) is 30.7 Å². The van der Waals surface area contributed by atoms with Crippen molar-refractivity contribution in [2.75, 3.05) is 6.61 Å². The molecule has 2 heterocycles. The summed E-state index contributed by atoms with van der Waals surface area (Å²) in [4.78, 5) is 0. The fraction of sp³-hybridized carbons (Fsp3) is 0.235. The summed E-state index contributed by atoms with van der Waals surface area (Å²) in [5, 5.41) is 3.98. The molecule has 0 bridgehead atoms. The van der Waals surface area contributed by atoms with E-state index in [9.17, 15) is 0 Å². The second kappa shape index (κ2) is 6.85. The molecule has 3 aromatic rings. The van der Waals surface area contributed by atoms with E-state index in [-0.39, 0.29) is 0 Å². The van der Waals surface area contributed by atoms with Crippen LogP contribution >= 0.6 is 0 Å². The van der Waals surface area contributed by atoms with Crippen LogP contribution in [-0.2, 0) is 6.61 Å². The molecule has 0 saturated heterocycles. The number of furan rings is 1. The van der Waals surface area contributed by atoms with E-state index >= 15 is 0 Å². The summed E-state index contributed by atoms with van der Waals surface area (Å²) in [6, 6.07) is 13.0. The Morgan fingerprint density at radius 2 is 1.82 bits per heavy atom. The summed E-state index contributed by atoms with van der Waals surface area (Å²) in [5.41, 5.74) is 0.691. The van der Waals surface area contributed by atoms with Gasteiger partial charge < -0.3 is 18.4 Å². The molecular weight excluding hydrogens is 282 g/mol. The van der Waals surface area contributed by atoms with E-state index < -0.39 is 0 Å². The minimum Gasteiger partial charge on any atom is -0.490 e. The highest BCUT2D eigenvalue weighted by atomic mass is 16.5. The molecule has 0 saturated carbocycles. The first-order chi connectivity index (χ1) is 10.9. The predicted octanol–water partition coefficient (Wildman–Crippen LogP) is 4.30. The van der Waals surface area contributed by atoms with Crippen LogP contribution in [0.3, 0.4) is 0 Å². The summed E-state index contributed by atoms with van der Waals surface area (Å²) in [6.45, 7) is 3.03. The van der Waals surface area contributed by atoms with Crippen molar-refractivity contribution in [1.29, 1.82) is 0 Å². The van der Waals surface area contributed by atoms with Gasteiger partial charge >= 0.3 is 0 Å². The molecule has 5 heteroatoms. The minimum atomic E-state index is 0.302. The molecule has 0 atom stereocenters. The molecule has 0 amide bonds. The molecule has 0 aliphatic rings. The third-order valence-electron chi connectivity index (χ3n) is 3.01. The van der Waals surface area contributed by atoms with Gasteiger partial charge in [0, 0.05) is 6.07 Å². The van der Waals surface area contributed by atoms with Gasteiger partial charge in [-0.15, -0.1) is 0 Å². The molecule has 0 fully saturated rings. The van der Waals surface area contributed by atoms with Gasteiger partial charge in [-0.1, -0.05) is 24.2 Å². The third-order valence-corrected chi connectivity index (χ3v) is 3.01. The first kappa shape index (κ1) is 14.3. The van der Waals surface area contributed by atoms with E-state index in [0.29, 0.717) is 36.2 Å². The van der Waals surface area contributed by atoms with Crippen molar-refractivity contribution < 1.29 is 18.4 Å². The van der Waals surface area contributed by atoms with Crippen molar-refractivity contribution in [2.24, 2.45) is 0 Å². The highest BCUT2D eigenvalue weighted by molar-refractivity contribution is 5.49. The van der Waals surface area contributed by atoms with Gasteiger partial charge in [-0.2, -0.15) is 0 Å². The molecule has 0 unspecified atom stereocenters. The lowest BCUT2D eigenvalue weighted by atomic mass is 10.3. The quantitative estimate of drug-likeness (QED) is 0.651. The summed E-state index contributed by atoms with van der Waals surface area (Å²) in [6.07, 6.45) is 2.54. The Morgan fingerprint density at radius 1 is 1.00 bits per heavy atom. The average Bonchev–Trinajstić information content (AvgIpc) is 3.22. The normalized spacial score (nSPS) is 10.6. The van der Waals surface area contributed by atoms with Crippen LogP contribution in [0.2, 0.25) is 0 Å². The highest BCUT2D eigenvalue weighted by Gasteiger charge is 2.10. The van der Waals surface area contributed by atoms with Gasteiger partial charge in [-0.25, -0.2) is 0 Å². The van der Waals surface area contributed by atoms with Crippen molar-refractivity contribution in [2.45, 2.75) is 20.0 Å². The molecule has 22 heavy (non-hydrogen) atoms. The molecule has 0 aliphatic carbocycles. The van der Waals surface area contributed by atoms with Gasteiger partial charge in [-0.3, -0.25) is 0 Å². The van der Waals surface area contributed by atoms with Crippen molar-refractivity contribution in [3.05, 3.63) is 54.4 Å². The Labute approximate surface area is 128 Å². The van der Waals surface area contributed by atoms with Crippen LogP contribution in [0.4, 0.5) is 0 Å². The monoisotopic (exact) mass is 299 g/mol. The van der Waals surface area contributed by atoms with Crippen LogP contribution in [-0.4, -0.2) is 11.8 Å². The Bertz CT molecular complexity index is 703. The van der Waals surface area contributed by atoms with Gasteiger partial charge in [0.1, 0.15) is 12.3 Å². The Hall–Kier alpha value is -2.69. The summed E-state index contributed by atoms with van der Waals surface area (Å²) >= 11 is 0. The second-order valence-corrected chi connectivity index (χ2v) is 4.74. The molecule has 0 spiro atoms. The first-order valence-electron chi connectivity index (χ1n) is 7.21. The van der Waals surface area contributed by atoms with Gasteiger partial charge in [0.05, 0.1) is 12.9 Å². The molecule has 114 valence electrons. The Kier molecular flexibility index (Phi) is 4.44. The lowest BCUT2D eigenvalue weighted by Gasteiger charge is -2.10. The topological polar surface area (TPSA) is 57.6 Å². The third kappa shape index (κ3) is 3.31. The zero-order valence-corrected chi connectivity index (χ0v) is 12.3. The molecule has 2 aromatic heterocycles. The second-order valence-electron chi connectivity index (χ2n) is 4.74. The summed E-state index contributed by atoms with van der Waals surface area (Å²) < 4.78 is 21.9. The summed E-state index contributed by atoms with van der Waals surface area (Å²) in [7, 11) is 0. The van der Waals surface area contributed by atoms with Crippen LogP contribution in [0.15, 0.2) is 57.7 Å². The molecule has 3 rings (SSSR count). The average molecular weight is 299 g/mol. The zero-order chi connectivity index (χ0) is 15.2. The maximum absolute atomic E-state index is 5.77. The largest absolute Gasteiger partial charge is 0.490 e. The van der Waals surface area contributed by atoms with E-state index in [1.165, 1.54) is 0 Å². The van der Waals surface area contributed by atoms with Crippen molar-refractivity contribution in [3.8, 4) is 23.0 Å². The molecule has 0 radical (unpaired) electrons. The number of aromatic nitrogens is 1. The number of nitrogens with zero attached hydrogens (tertiary/aromatic N) is 1. The van der Waals surface area contributed by atoms with E-state index in [1.54, 1.807) is 18.4 Å². The predicted molar refractivity (Wildman–Crippen MR) is 80.8 cm³/mol. The molecule has 5 nitrogen and oxygen atoms in total. The maximum Gasteiger partial charge on any atom is 0.202 e. The smallest absolute Gasteiger partial charge is 0.202 e. The SMILES string of the molecule is CCCOc1ccccc1OCc1cc(-c2ccco2)on1. The number of hydrogen-bond donors (Lipinski definition) is 0. The number of para-hydroxylation sites is 2. The maximum atomic E-state index is 5.77. The minimum absolute atomic E-state index is 0.302. The lowest BCUT2D eigenvalue weighted by molar-refractivity contribution is 0.255. The van der Waals surface area contributed by atoms with Crippen LogP contribution in [0.1, 0.15) is 19.0 Å². The summed E-state index contributed by atoms with van der Waals surface area (Å²) in [5.74, 6) is 2.65. The molecule has 1 aromatic carbocycles. The van der Waals surface area contributed by atoms with E-state index in [4.69, 9.17) is 18.4 Å². The van der Waals surface area contributed by atoms with Crippen molar-refractivity contribution in [3.63, 3.8) is 0 Å². The number of rotatable bonds is 7. The van der Waals surface area contributed by atoms with Crippen LogP contribution in [0, 0.1) is 0 Å². The van der Waals surface area contributed by atoms with Gasteiger partial charge in [0.2, 0.25) is 5.76 Å². The molecular formula is C17H17NO4. The Balaban J connectivity index is 1.65. The van der Waals surface area contributed by atoms with E-state index in [1.807, 2.05) is 30.3 Å². The van der Waals surface area contributed by atoms with Crippen LogP contribution in [0.25, 0.3) is 11.5 Å². The first-order valence-corrected chi connectivity index (χ1v) is 7.21. The van der Waals surface area contributed by atoms with Gasteiger partial charge in [0.15, 0.2) is 17.3 Å². The molecule has 0 N–H and O–H groups in total.